The van der Waals surface area contributed by atoms with E-state index in [4.69, 9.17) is 0 Å². The summed E-state index contributed by atoms with van der Waals surface area (Å²) in [5, 5.41) is 7.69. The first-order valence-electron chi connectivity index (χ1n) is 7.52. The van der Waals surface area contributed by atoms with Crippen LogP contribution in [0.25, 0.3) is 10.9 Å². The van der Waals surface area contributed by atoms with Crippen LogP contribution in [-0.2, 0) is 6.42 Å². The van der Waals surface area contributed by atoms with Crippen LogP contribution in [0.2, 0.25) is 0 Å². The highest BCUT2D eigenvalue weighted by atomic mass is 19.1. The number of aromatic nitrogens is 4. The Labute approximate surface area is 132 Å². The molecule has 1 amide bonds. The van der Waals surface area contributed by atoms with Gasteiger partial charge in [0.2, 0.25) is 0 Å². The fourth-order valence-electron chi connectivity index (χ4n) is 2.65. The lowest BCUT2D eigenvalue weighted by Gasteiger charge is -2.12. The molecular weight excluding hydrogens is 297 g/mol. The third kappa shape index (κ3) is 2.94. The highest BCUT2D eigenvalue weighted by Crippen LogP contribution is 2.24. The number of hydrogen-bond donors (Lipinski definition) is 2. The summed E-state index contributed by atoms with van der Waals surface area (Å²) in [7, 11) is 0. The van der Waals surface area contributed by atoms with Gasteiger partial charge in [-0.15, -0.1) is 0 Å². The maximum absolute atomic E-state index is 13.4. The molecular formula is C16H18FN5O. The predicted molar refractivity (Wildman–Crippen MR) is 84.7 cm³/mol. The average molecular weight is 315 g/mol. The standard InChI is InChI=1S/C16H18FN5O/c1-3-12-13-6-11(17)4-5-14(13)21-15(12)16(23)19-7-10(2)22-9-18-8-20-22/h4-6,8-10,21H,3,7H2,1-2H3,(H,19,23)/t10-/m1/s1. The monoisotopic (exact) mass is 315 g/mol. The van der Waals surface area contributed by atoms with Crippen LogP contribution in [0, 0.1) is 5.82 Å². The number of H-pyrrole nitrogens is 1. The number of fused-ring (bicyclic) bond motifs is 1. The Hall–Kier alpha value is -2.70. The van der Waals surface area contributed by atoms with Gasteiger partial charge >= 0.3 is 0 Å². The van der Waals surface area contributed by atoms with Gasteiger partial charge in [-0.1, -0.05) is 6.92 Å². The lowest BCUT2D eigenvalue weighted by molar-refractivity contribution is 0.0943. The second kappa shape index (κ2) is 6.20. The number of carbonyl (C=O) groups excluding carboxylic acids is 1. The molecule has 23 heavy (non-hydrogen) atoms. The topological polar surface area (TPSA) is 75.6 Å². The minimum absolute atomic E-state index is 0.00616. The molecule has 2 N–H and O–H groups in total. The molecule has 1 atom stereocenters. The van der Waals surface area contributed by atoms with Gasteiger partial charge in [0.05, 0.1) is 6.04 Å². The number of aryl methyl sites for hydroxylation is 1. The van der Waals surface area contributed by atoms with Crippen LogP contribution in [0.1, 0.15) is 35.9 Å². The Balaban J connectivity index is 1.80. The molecule has 1 aromatic carbocycles. The molecule has 0 fully saturated rings. The van der Waals surface area contributed by atoms with Crippen LogP contribution in [0.4, 0.5) is 4.39 Å². The van der Waals surface area contributed by atoms with E-state index in [0.29, 0.717) is 18.7 Å². The summed E-state index contributed by atoms with van der Waals surface area (Å²) in [5.74, 6) is -0.511. The van der Waals surface area contributed by atoms with Gasteiger partial charge in [0.15, 0.2) is 0 Å². The molecule has 2 aromatic heterocycles. The van der Waals surface area contributed by atoms with E-state index in [2.05, 4.69) is 20.4 Å². The average Bonchev–Trinajstić information content (AvgIpc) is 3.19. The van der Waals surface area contributed by atoms with E-state index >= 15 is 0 Å². The first kappa shape index (κ1) is 15.2. The van der Waals surface area contributed by atoms with Crippen LogP contribution in [0.15, 0.2) is 30.9 Å². The van der Waals surface area contributed by atoms with Crippen molar-refractivity contribution < 1.29 is 9.18 Å². The summed E-state index contributed by atoms with van der Waals surface area (Å²) in [4.78, 5) is 19.4. The Morgan fingerprint density at radius 2 is 2.30 bits per heavy atom. The highest BCUT2D eigenvalue weighted by molar-refractivity contribution is 6.01. The number of carbonyl (C=O) groups is 1. The Bertz CT molecular complexity index is 824. The summed E-state index contributed by atoms with van der Waals surface area (Å²) < 4.78 is 15.1. The zero-order valence-corrected chi connectivity index (χ0v) is 13.0. The van der Waals surface area contributed by atoms with Crippen molar-refractivity contribution in [2.24, 2.45) is 0 Å². The molecule has 0 aliphatic heterocycles. The molecule has 0 spiro atoms. The number of amides is 1. The van der Waals surface area contributed by atoms with Gasteiger partial charge < -0.3 is 10.3 Å². The van der Waals surface area contributed by atoms with Crippen molar-refractivity contribution in [1.29, 1.82) is 0 Å². The maximum Gasteiger partial charge on any atom is 0.268 e. The predicted octanol–water partition coefficient (Wildman–Crippen LogP) is 2.45. The van der Waals surface area contributed by atoms with Crippen molar-refractivity contribution in [3.8, 4) is 0 Å². The van der Waals surface area contributed by atoms with Crippen molar-refractivity contribution in [2.45, 2.75) is 26.3 Å². The van der Waals surface area contributed by atoms with Gasteiger partial charge in [-0.2, -0.15) is 5.10 Å². The van der Waals surface area contributed by atoms with E-state index in [1.54, 1.807) is 17.1 Å². The quantitative estimate of drug-likeness (QED) is 0.759. The third-order valence-electron chi connectivity index (χ3n) is 3.90. The van der Waals surface area contributed by atoms with Crippen LogP contribution >= 0.6 is 0 Å². The summed E-state index contributed by atoms with van der Waals surface area (Å²) in [5.41, 5.74) is 2.07. The van der Waals surface area contributed by atoms with Crippen LogP contribution < -0.4 is 5.32 Å². The largest absolute Gasteiger partial charge is 0.350 e. The van der Waals surface area contributed by atoms with Gasteiger partial charge in [0.1, 0.15) is 24.2 Å². The van der Waals surface area contributed by atoms with Crippen LogP contribution in [0.5, 0.6) is 0 Å². The first-order valence-corrected chi connectivity index (χ1v) is 7.52. The molecule has 0 radical (unpaired) electrons. The Morgan fingerprint density at radius 3 is 3.00 bits per heavy atom. The zero-order chi connectivity index (χ0) is 16.4. The van der Waals surface area contributed by atoms with E-state index in [1.165, 1.54) is 18.5 Å². The van der Waals surface area contributed by atoms with Gasteiger partial charge in [-0.3, -0.25) is 4.79 Å². The van der Waals surface area contributed by atoms with Gasteiger partial charge in [0.25, 0.3) is 5.91 Å². The Kier molecular flexibility index (Phi) is 4.10. The zero-order valence-electron chi connectivity index (χ0n) is 13.0. The molecule has 0 saturated heterocycles. The van der Waals surface area contributed by atoms with Crippen molar-refractivity contribution in [1.82, 2.24) is 25.1 Å². The fourth-order valence-corrected chi connectivity index (χ4v) is 2.65. The summed E-state index contributed by atoms with van der Waals surface area (Å²) in [6.45, 7) is 4.31. The smallest absolute Gasteiger partial charge is 0.268 e. The number of benzene rings is 1. The number of rotatable bonds is 5. The second-order valence-electron chi connectivity index (χ2n) is 5.46. The van der Waals surface area contributed by atoms with E-state index in [0.717, 1.165) is 16.5 Å². The molecule has 0 aliphatic carbocycles. The number of aromatic amines is 1. The van der Waals surface area contributed by atoms with E-state index < -0.39 is 0 Å². The first-order chi connectivity index (χ1) is 11.1. The molecule has 0 saturated carbocycles. The van der Waals surface area contributed by atoms with Crippen molar-refractivity contribution >= 4 is 16.8 Å². The Morgan fingerprint density at radius 1 is 1.48 bits per heavy atom. The maximum atomic E-state index is 13.4. The number of hydrogen-bond acceptors (Lipinski definition) is 3. The van der Waals surface area contributed by atoms with E-state index in [9.17, 15) is 9.18 Å². The molecule has 2 heterocycles. The molecule has 3 rings (SSSR count). The van der Waals surface area contributed by atoms with Crippen molar-refractivity contribution in [2.75, 3.05) is 6.54 Å². The molecule has 3 aromatic rings. The number of halogens is 1. The fraction of sp³-hybridized carbons (Fsp3) is 0.312. The summed E-state index contributed by atoms with van der Waals surface area (Å²) in [6.07, 6.45) is 3.71. The minimum Gasteiger partial charge on any atom is -0.350 e. The summed E-state index contributed by atoms with van der Waals surface area (Å²) >= 11 is 0. The molecule has 0 unspecified atom stereocenters. The van der Waals surface area contributed by atoms with Crippen LogP contribution in [0.3, 0.4) is 0 Å². The lowest BCUT2D eigenvalue weighted by atomic mass is 10.1. The normalized spacial score (nSPS) is 12.5. The number of nitrogens with one attached hydrogen (secondary N) is 2. The summed E-state index contributed by atoms with van der Waals surface area (Å²) in [6, 6.07) is 4.48. The third-order valence-corrected chi connectivity index (χ3v) is 3.90. The second-order valence-corrected chi connectivity index (χ2v) is 5.46. The van der Waals surface area contributed by atoms with Crippen LogP contribution in [-0.4, -0.2) is 32.2 Å². The van der Waals surface area contributed by atoms with Crippen molar-refractivity contribution in [3.63, 3.8) is 0 Å². The van der Waals surface area contributed by atoms with Crippen molar-refractivity contribution in [3.05, 3.63) is 47.9 Å². The van der Waals surface area contributed by atoms with Gasteiger partial charge in [-0.25, -0.2) is 14.1 Å². The van der Waals surface area contributed by atoms with E-state index in [1.807, 2.05) is 13.8 Å². The molecule has 7 heteroatoms. The number of nitrogens with zero attached hydrogens (tertiary/aromatic N) is 3. The van der Waals surface area contributed by atoms with Gasteiger partial charge in [0, 0.05) is 17.4 Å². The molecule has 6 nitrogen and oxygen atoms in total. The molecule has 0 bridgehead atoms. The SMILES string of the molecule is CCc1c(C(=O)NC[C@@H](C)n2cncn2)[nH]c2ccc(F)cc12. The minimum atomic E-state index is -0.307. The molecule has 120 valence electrons. The molecule has 0 aliphatic rings. The highest BCUT2D eigenvalue weighted by Gasteiger charge is 2.17. The van der Waals surface area contributed by atoms with E-state index in [-0.39, 0.29) is 17.8 Å². The lowest BCUT2D eigenvalue weighted by Crippen LogP contribution is -2.30. The van der Waals surface area contributed by atoms with Gasteiger partial charge in [-0.05, 0) is 37.1 Å².